The Balaban J connectivity index is 2.18. The molecule has 1 unspecified atom stereocenters. The summed E-state index contributed by atoms with van der Waals surface area (Å²) in [5.74, 6) is -4.71. The fourth-order valence-electron chi connectivity index (χ4n) is 8.59. The Hall–Kier alpha value is -1.64. The van der Waals surface area contributed by atoms with Crippen molar-refractivity contribution in [1.29, 1.82) is 0 Å². The molecule has 13 atom stereocenters. The van der Waals surface area contributed by atoms with E-state index in [9.17, 15) is 69.1 Å². The fourth-order valence-corrected chi connectivity index (χ4v) is 10.1. The summed E-state index contributed by atoms with van der Waals surface area (Å²) in [5.41, 5.74) is 0. The average molecular weight is 1020 g/mol. The molecule has 0 aromatic heterocycles. The van der Waals surface area contributed by atoms with Gasteiger partial charge in [-0.2, -0.15) is 0 Å². The Labute approximate surface area is 403 Å². The molecule has 1 aliphatic carbocycles. The second-order valence-electron chi connectivity index (χ2n) is 18.5. The van der Waals surface area contributed by atoms with Crippen molar-refractivity contribution in [2.75, 3.05) is 13.2 Å². The molecular formula is C47H86O19P2. The lowest BCUT2D eigenvalue weighted by molar-refractivity contribution is -0.165. The summed E-state index contributed by atoms with van der Waals surface area (Å²) in [6.45, 7) is 2.57. The monoisotopic (exact) mass is 1020 g/mol. The first-order valence-electron chi connectivity index (χ1n) is 25.1. The van der Waals surface area contributed by atoms with E-state index in [1.54, 1.807) is 0 Å². The van der Waals surface area contributed by atoms with Crippen molar-refractivity contribution >= 4 is 27.6 Å². The highest BCUT2D eigenvalue weighted by molar-refractivity contribution is 7.47. The Morgan fingerprint density at radius 3 is 1.88 bits per heavy atom. The lowest BCUT2D eigenvalue weighted by Crippen LogP contribution is -2.56. The maximum atomic E-state index is 13.6. The molecule has 21 heteroatoms. The summed E-state index contributed by atoms with van der Waals surface area (Å²) < 4.78 is 51.8. The highest BCUT2D eigenvalue weighted by Gasteiger charge is 2.51. The molecular weight excluding hydrogens is 930 g/mol. The molecule has 1 heterocycles. The average Bonchev–Trinajstić information content (AvgIpc) is 3.28. The van der Waals surface area contributed by atoms with E-state index in [0.717, 1.165) is 44.6 Å². The van der Waals surface area contributed by atoms with Crippen LogP contribution in [0.4, 0.5) is 0 Å². The van der Waals surface area contributed by atoms with Crippen LogP contribution in [0, 0.1) is 11.8 Å². The molecule has 1 fully saturated rings. The van der Waals surface area contributed by atoms with Crippen LogP contribution in [0.25, 0.3) is 0 Å². The Kier molecular flexibility index (Phi) is 31.9. The van der Waals surface area contributed by atoms with Crippen LogP contribution < -0.4 is 0 Å². The van der Waals surface area contributed by atoms with E-state index in [1.165, 1.54) is 95.3 Å². The van der Waals surface area contributed by atoms with Crippen LogP contribution in [-0.4, -0.2) is 137 Å². The fraction of sp³-hybridized carbons (Fsp3) is 0.872. The quantitative estimate of drug-likeness (QED) is 0.0183. The summed E-state index contributed by atoms with van der Waals surface area (Å²) in [7, 11) is -11.4. The van der Waals surface area contributed by atoms with Crippen molar-refractivity contribution in [3.05, 3.63) is 24.3 Å². The van der Waals surface area contributed by atoms with Crippen LogP contribution in [0.15, 0.2) is 24.3 Å². The van der Waals surface area contributed by atoms with E-state index < -0.39 is 127 Å². The topological polar surface area (TPSA) is 317 Å². The molecule has 2 bridgehead atoms. The van der Waals surface area contributed by atoms with E-state index in [4.69, 9.17) is 23.0 Å². The second-order valence-corrected chi connectivity index (χ2v) is 21.1. The van der Waals surface area contributed by atoms with Crippen LogP contribution in [-0.2, 0) is 41.8 Å². The minimum atomic E-state index is -5.75. The van der Waals surface area contributed by atoms with Gasteiger partial charge in [-0.05, 0) is 19.3 Å². The predicted octanol–water partition coefficient (Wildman–Crippen LogP) is 6.11. The van der Waals surface area contributed by atoms with Gasteiger partial charge in [0.05, 0.1) is 43.5 Å². The van der Waals surface area contributed by atoms with Gasteiger partial charge in [0.2, 0.25) is 0 Å². The first-order valence-corrected chi connectivity index (χ1v) is 28.2. The van der Waals surface area contributed by atoms with Crippen LogP contribution in [0.2, 0.25) is 0 Å². The summed E-state index contributed by atoms with van der Waals surface area (Å²) in [5, 5.41) is 79.2. The van der Waals surface area contributed by atoms with Crippen LogP contribution in [0.3, 0.4) is 0 Å². The molecule has 68 heavy (non-hydrogen) atoms. The first-order chi connectivity index (χ1) is 32.3. The molecule has 19 nitrogen and oxygen atoms in total. The van der Waals surface area contributed by atoms with Crippen molar-refractivity contribution < 1.29 is 92.2 Å². The van der Waals surface area contributed by atoms with E-state index in [1.807, 2.05) is 6.92 Å². The van der Waals surface area contributed by atoms with Gasteiger partial charge in [0.25, 0.3) is 0 Å². The van der Waals surface area contributed by atoms with Crippen LogP contribution in [0.1, 0.15) is 174 Å². The SMILES string of the molecule is CCCCCCCCCCCCCCCCCCCC(=O)OC[C@@H]1COP(=O)(O)O[C@H]2[C@H](O)[C@@H](O)[C@H](O)[C@H](C/C=C\CC(=O)O1)[C@@H](O)C[C@@H](O)[C@H](/C=C\[C@H](O)CCCCC)[C@@H](O)[C@H]2OP(=O)(O)O. The normalized spacial score (nSPS) is 31.4. The van der Waals surface area contributed by atoms with E-state index in [0.29, 0.717) is 12.8 Å². The third-order valence-corrected chi connectivity index (χ3v) is 14.1. The van der Waals surface area contributed by atoms with Crippen LogP contribution >= 0.6 is 15.6 Å². The molecule has 2 rings (SSSR count). The van der Waals surface area contributed by atoms with Gasteiger partial charge in [-0.1, -0.05) is 160 Å². The Morgan fingerprint density at radius 1 is 0.779 bits per heavy atom. The van der Waals surface area contributed by atoms with Gasteiger partial charge in [-0.15, -0.1) is 0 Å². The number of aliphatic hydroxyl groups is 7. The maximum Gasteiger partial charge on any atom is 0.472 e. The molecule has 1 aliphatic heterocycles. The second kappa shape index (κ2) is 34.7. The highest BCUT2D eigenvalue weighted by Crippen LogP contribution is 2.50. The van der Waals surface area contributed by atoms with Gasteiger partial charge < -0.3 is 59.9 Å². The van der Waals surface area contributed by atoms with E-state index in [2.05, 4.69) is 6.92 Å². The number of cyclic esters (lactones) is 1. The molecule has 1 saturated carbocycles. The third kappa shape index (κ3) is 26.2. The molecule has 10 N–H and O–H groups in total. The number of aliphatic hydroxyl groups excluding tert-OH is 7. The summed E-state index contributed by atoms with van der Waals surface area (Å²) >= 11 is 0. The molecule has 0 radical (unpaired) electrons. The summed E-state index contributed by atoms with van der Waals surface area (Å²) in [6.07, 6.45) is 4.89. The first kappa shape index (κ1) is 62.5. The minimum absolute atomic E-state index is 0.0528. The van der Waals surface area contributed by atoms with Crippen molar-refractivity contribution in [2.24, 2.45) is 11.8 Å². The molecule has 398 valence electrons. The number of hydrogen-bond acceptors (Lipinski definition) is 16. The number of fused-ring (bicyclic) bond motifs is 4. The molecule has 0 aromatic carbocycles. The van der Waals surface area contributed by atoms with Gasteiger partial charge in [-0.25, -0.2) is 9.13 Å². The predicted molar refractivity (Wildman–Crippen MR) is 252 cm³/mol. The minimum Gasteiger partial charge on any atom is -0.462 e. The summed E-state index contributed by atoms with van der Waals surface area (Å²) in [4.78, 5) is 56.5. The van der Waals surface area contributed by atoms with Gasteiger partial charge in [0.1, 0.15) is 31.0 Å². The number of carbonyl (C=O) groups excluding carboxylic acids is 2. The maximum absolute atomic E-state index is 13.6. The zero-order valence-electron chi connectivity index (χ0n) is 40.4. The van der Waals surface area contributed by atoms with E-state index in [-0.39, 0.29) is 19.3 Å². The van der Waals surface area contributed by atoms with Crippen molar-refractivity contribution in [3.63, 3.8) is 0 Å². The van der Waals surface area contributed by atoms with Crippen LogP contribution in [0.5, 0.6) is 0 Å². The van der Waals surface area contributed by atoms with Gasteiger partial charge >= 0.3 is 27.6 Å². The number of allylic oxidation sites excluding steroid dienone is 1. The van der Waals surface area contributed by atoms with Gasteiger partial charge in [0, 0.05) is 24.7 Å². The highest BCUT2D eigenvalue weighted by atomic mass is 31.2. The lowest BCUT2D eigenvalue weighted by atomic mass is 9.83. The standard InChI is InChI=1S/C47H86O19P2/c1-3-5-7-8-9-10-11-12-13-14-15-16-17-18-19-20-22-27-40(51)62-32-35-33-63-68(60,61)66-47-45(56)44(55)42(53)36(26-23-24-28-41(52)64-35)38(49)31-39(50)37(30-29-34(48)25-21-6-4-2)43(54)46(47)65-67(57,58)59/h23-24,29-30,34-39,42-50,53-56H,3-22,25-28,31-33H2,1-2H3,(H,60,61)(H2,57,58,59)/b24-23-,30-29-/t34-,35-,36-,37+,38+,39-,42-,43-,44+,45-,46-,47+/m1/s1. The van der Waals surface area contributed by atoms with Gasteiger partial charge in [-0.3, -0.25) is 23.2 Å². The Bertz CT molecular complexity index is 1530. The van der Waals surface area contributed by atoms with Crippen molar-refractivity contribution in [2.45, 2.75) is 235 Å². The lowest BCUT2D eigenvalue weighted by Gasteiger charge is -2.38. The van der Waals surface area contributed by atoms with Crippen molar-refractivity contribution in [1.82, 2.24) is 0 Å². The smallest absolute Gasteiger partial charge is 0.462 e. The number of phosphoric acid groups is 2. The summed E-state index contributed by atoms with van der Waals surface area (Å²) in [6, 6.07) is 0. The number of unbranched alkanes of at least 4 members (excludes halogenated alkanes) is 18. The number of esters is 2. The van der Waals surface area contributed by atoms with E-state index >= 15 is 0 Å². The third-order valence-electron chi connectivity index (χ3n) is 12.6. The number of rotatable bonds is 28. The number of hydrogen-bond donors (Lipinski definition) is 10. The largest absolute Gasteiger partial charge is 0.472 e. The molecule has 0 saturated heterocycles. The number of phosphoric ester groups is 2. The number of carbonyl (C=O) groups is 2. The molecule has 0 amide bonds. The number of ether oxygens (including phenoxy) is 2. The molecule has 0 aromatic rings. The Morgan fingerprint density at radius 2 is 1.32 bits per heavy atom. The molecule has 0 spiro atoms. The zero-order chi connectivity index (χ0) is 50.5. The van der Waals surface area contributed by atoms with Gasteiger partial charge in [0.15, 0.2) is 6.10 Å². The van der Waals surface area contributed by atoms with Crippen molar-refractivity contribution in [3.8, 4) is 0 Å². The zero-order valence-corrected chi connectivity index (χ0v) is 42.2. The molecule has 2 aliphatic rings.